The molecule has 0 aliphatic heterocycles. The number of Topliss-reactive ketones (excluding diaryl/α,β-unsaturated/α-hetero) is 1. The second kappa shape index (κ2) is 3.06. The molecule has 0 saturated heterocycles. The van der Waals surface area contributed by atoms with Crippen LogP contribution in [0.15, 0.2) is 0 Å². The van der Waals surface area contributed by atoms with E-state index >= 15 is 0 Å². The Kier molecular flexibility index (Phi) is 2.28. The van der Waals surface area contributed by atoms with Crippen molar-refractivity contribution in [2.45, 2.75) is 13.8 Å². The van der Waals surface area contributed by atoms with Crippen LogP contribution in [0.1, 0.15) is 21.7 Å². The zero-order chi connectivity index (χ0) is 9.30. The van der Waals surface area contributed by atoms with Gasteiger partial charge in [0, 0.05) is 12.7 Å². The molecule has 2 N–H and O–H groups in total. The molecule has 0 amide bonds. The van der Waals surface area contributed by atoms with Crippen LogP contribution in [-0.4, -0.2) is 22.1 Å². The van der Waals surface area contributed by atoms with Crippen LogP contribution in [0.2, 0.25) is 0 Å². The van der Waals surface area contributed by atoms with Crippen LogP contribution in [0.3, 0.4) is 0 Å². The lowest BCUT2D eigenvalue weighted by Crippen LogP contribution is -2.15. The summed E-state index contributed by atoms with van der Waals surface area (Å²) in [7, 11) is 1.82. The molecule has 0 aliphatic carbocycles. The smallest absolute Gasteiger partial charge is 0.180 e. The topological polar surface area (TPSA) is 60.9 Å². The van der Waals surface area contributed by atoms with Crippen molar-refractivity contribution in [1.29, 1.82) is 0 Å². The maximum absolute atomic E-state index is 11.3. The highest BCUT2D eigenvalue weighted by Crippen LogP contribution is 2.11. The molecule has 66 valence electrons. The summed E-state index contributed by atoms with van der Waals surface area (Å²) < 4.78 is 1.69. The minimum absolute atomic E-state index is 0.0434. The first kappa shape index (κ1) is 8.93. The van der Waals surface area contributed by atoms with Gasteiger partial charge in [-0.3, -0.25) is 9.48 Å². The van der Waals surface area contributed by atoms with Gasteiger partial charge < -0.3 is 5.73 Å². The molecule has 1 heterocycles. The Labute approximate surface area is 71.4 Å². The number of nitrogens with zero attached hydrogens (tertiary/aromatic N) is 2. The number of rotatable bonds is 2. The van der Waals surface area contributed by atoms with E-state index in [4.69, 9.17) is 5.73 Å². The molecule has 0 saturated carbocycles. The van der Waals surface area contributed by atoms with Crippen LogP contribution < -0.4 is 5.73 Å². The maximum atomic E-state index is 11.3. The Balaban J connectivity index is 3.22. The van der Waals surface area contributed by atoms with Crippen molar-refractivity contribution >= 4 is 5.78 Å². The third-order valence-corrected chi connectivity index (χ3v) is 1.97. The quantitative estimate of drug-likeness (QED) is 0.639. The Morgan fingerprint density at radius 1 is 1.58 bits per heavy atom. The van der Waals surface area contributed by atoms with Gasteiger partial charge in [0.2, 0.25) is 0 Å². The number of ketones is 1. The molecule has 0 radical (unpaired) electrons. The first-order valence-corrected chi connectivity index (χ1v) is 3.81. The number of nitrogens with two attached hydrogens (primary N) is 1. The van der Waals surface area contributed by atoms with E-state index in [1.165, 1.54) is 0 Å². The minimum atomic E-state index is -0.0434. The van der Waals surface area contributed by atoms with Crippen molar-refractivity contribution in [3.05, 3.63) is 17.0 Å². The van der Waals surface area contributed by atoms with Crippen LogP contribution in [-0.2, 0) is 7.05 Å². The summed E-state index contributed by atoms with van der Waals surface area (Å²) in [6.07, 6.45) is 0. The van der Waals surface area contributed by atoms with Gasteiger partial charge in [-0.25, -0.2) is 0 Å². The van der Waals surface area contributed by atoms with Crippen LogP contribution in [0.5, 0.6) is 0 Å². The molecule has 0 spiro atoms. The predicted molar refractivity (Wildman–Crippen MR) is 46.1 cm³/mol. The summed E-state index contributed by atoms with van der Waals surface area (Å²) in [4.78, 5) is 11.3. The predicted octanol–water partition coefficient (Wildman–Crippen LogP) is 0.178. The number of aromatic nitrogens is 2. The van der Waals surface area contributed by atoms with Crippen LogP contribution in [0.25, 0.3) is 0 Å². The van der Waals surface area contributed by atoms with Gasteiger partial charge in [-0.1, -0.05) is 0 Å². The summed E-state index contributed by atoms with van der Waals surface area (Å²) >= 11 is 0. The fourth-order valence-corrected chi connectivity index (χ4v) is 1.28. The van der Waals surface area contributed by atoms with Crippen LogP contribution in [0.4, 0.5) is 0 Å². The van der Waals surface area contributed by atoms with Crippen molar-refractivity contribution in [1.82, 2.24) is 9.78 Å². The highest BCUT2D eigenvalue weighted by atomic mass is 16.1. The molecular formula is C8H13N3O. The van der Waals surface area contributed by atoms with E-state index in [0.29, 0.717) is 5.56 Å². The summed E-state index contributed by atoms with van der Waals surface area (Å²) in [5.74, 6) is -0.0434. The van der Waals surface area contributed by atoms with E-state index in [1.54, 1.807) is 4.68 Å². The fraction of sp³-hybridized carbons (Fsp3) is 0.500. The lowest BCUT2D eigenvalue weighted by atomic mass is 10.1. The van der Waals surface area contributed by atoms with Gasteiger partial charge in [0.1, 0.15) is 0 Å². The standard InChI is InChI=1S/C8H13N3O/c1-5-8(7(12)4-9)6(2)11(3)10-5/h4,9H2,1-3H3. The van der Waals surface area contributed by atoms with Crippen molar-refractivity contribution < 1.29 is 4.79 Å². The summed E-state index contributed by atoms with van der Waals surface area (Å²) in [6.45, 7) is 3.73. The van der Waals surface area contributed by atoms with E-state index in [0.717, 1.165) is 11.4 Å². The average molecular weight is 167 g/mol. The molecule has 0 bridgehead atoms. The van der Waals surface area contributed by atoms with E-state index in [-0.39, 0.29) is 12.3 Å². The molecular weight excluding hydrogens is 154 g/mol. The van der Waals surface area contributed by atoms with Crippen molar-refractivity contribution in [3.8, 4) is 0 Å². The first-order valence-electron chi connectivity index (χ1n) is 3.81. The lowest BCUT2D eigenvalue weighted by Gasteiger charge is -1.97. The summed E-state index contributed by atoms with van der Waals surface area (Å²) in [6, 6.07) is 0. The highest BCUT2D eigenvalue weighted by molar-refractivity contribution is 5.99. The van der Waals surface area contributed by atoms with Gasteiger partial charge in [0.05, 0.1) is 17.8 Å². The lowest BCUT2D eigenvalue weighted by molar-refractivity contribution is 0.1000. The Morgan fingerprint density at radius 3 is 2.50 bits per heavy atom. The number of carbonyl (C=O) groups excluding carboxylic acids is 1. The molecule has 1 rings (SSSR count). The number of hydrogen-bond donors (Lipinski definition) is 1. The van der Waals surface area contributed by atoms with E-state index in [1.807, 2.05) is 20.9 Å². The second-order valence-corrected chi connectivity index (χ2v) is 2.80. The monoisotopic (exact) mass is 167 g/mol. The summed E-state index contributed by atoms with van der Waals surface area (Å²) in [5, 5.41) is 4.12. The molecule has 12 heavy (non-hydrogen) atoms. The molecule has 0 aliphatic rings. The van der Waals surface area contributed by atoms with Gasteiger partial charge in [0.15, 0.2) is 5.78 Å². The number of aryl methyl sites for hydroxylation is 2. The van der Waals surface area contributed by atoms with Gasteiger partial charge in [-0.2, -0.15) is 5.10 Å². The molecule has 0 fully saturated rings. The van der Waals surface area contributed by atoms with Crippen molar-refractivity contribution in [2.75, 3.05) is 6.54 Å². The van der Waals surface area contributed by atoms with Crippen LogP contribution >= 0.6 is 0 Å². The van der Waals surface area contributed by atoms with Gasteiger partial charge in [-0.05, 0) is 13.8 Å². The minimum Gasteiger partial charge on any atom is -0.324 e. The Hall–Kier alpha value is -1.16. The molecule has 1 aromatic heterocycles. The Morgan fingerprint density at radius 2 is 2.17 bits per heavy atom. The SMILES string of the molecule is Cc1nn(C)c(C)c1C(=O)CN. The first-order chi connectivity index (χ1) is 5.57. The molecule has 1 aromatic rings. The zero-order valence-corrected chi connectivity index (χ0v) is 7.59. The van der Waals surface area contributed by atoms with E-state index in [2.05, 4.69) is 5.10 Å². The van der Waals surface area contributed by atoms with Gasteiger partial charge in [0.25, 0.3) is 0 Å². The normalized spacial score (nSPS) is 10.3. The van der Waals surface area contributed by atoms with E-state index in [9.17, 15) is 4.79 Å². The van der Waals surface area contributed by atoms with Gasteiger partial charge >= 0.3 is 0 Å². The number of carbonyl (C=O) groups is 1. The van der Waals surface area contributed by atoms with Gasteiger partial charge in [-0.15, -0.1) is 0 Å². The fourth-order valence-electron chi connectivity index (χ4n) is 1.28. The molecule has 4 nitrogen and oxygen atoms in total. The van der Waals surface area contributed by atoms with E-state index < -0.39 is 0 Å². The zero-order valence-electron chi connectivity index (χ0n) is 7.59. The third-order valence-electron chi connectivity index (χ3n) is 1.97. The third kappa shape index (κ3) is 1.25. The molecule has 0 atom stereocenters. The average Bonchev–Trinajstić information content (AvgIpc) is 2.26. The van der Waals surface area contributed by atoms with Crippen molar-refractivity contribution in [2.24, 2.45) is 12.8 Å². The number of hydrogen-bond acceptors (Lipinski definition) is 3. The highest BCUT2D eigenvalue weighted by Gasteiger charge is 2.14. The molecule has 0 aromatic carbocycles. The van der Waals surface area contributed by atoms with Crippen LogP contribution in [0, 0.1) is 13.8 Å². The Bertz CT molecular complexity index is 314. The molecule has 4 heteroatoms. The largest absolute Gasteiger partial charge is 0.324 e. The van der Waals surface area contributed by atoms with Crippen molar-refractivity contribution in [3.63, 3.8) is 0 Å². The second-order valence-electron chi connectivity index (χ2n) is 2.80. The maximum Gasteiger partial charge on any atom is 0.180 e. The molecule has 0 unspecified atom stereocenters. The summed E-state index contributed by atoms with van der Waals surface area (Å²) in [5.41, 5.74) is 7.56.